The highest BCUT2D eigenvalue weighted by atomic mass is 16.5. The fourth-order valence-corrected chi connectivity index (χ4v) is 2.05. The van der Waals surface area contributed by atoms with Crippen LogP contribution in [0.25, 0.3) is 0 Å². The number of hydrogen-bond acceptors (Lipinski definition) is 5. The summed E-state index contributed by atoms with van der Waals surface area (Å²) in [5, 5.41) is 9.13. The van der Waals surface area contributed by atoms with Crippen LogP contribution in [0.5, 0.6) is 0 Å². The molecule has 0 atom stereocenters. The van der Waals surface area contributed by atoms with E-state index >= 15 is 0 Å². The molecule has 1 aliphatic rings. The van der Waals surface area contributed by atoms with Gasteiger partial charge in [-0.1, -0.05) is 0 Å². The lowest BCUT2D eigenvalue weighted by Crippen LogP contribution is -2.28. The van der Waals surface area contributed by atoms with Crippen LogP contribution in [0, 0.1) is 0 Å². The average Bonchev–Trinajstić information content (AvgIpc) is 3.05. The maximum Gasteiger partial charge on any atom is 0.342 e. The Morgan fingerprint density at radius 2 is 1.95 bits per heavy atom. The van der Waals surface area contributed by atoms with Crippen LogP contribution >= 0.6 is 0 Å². The predicted octanol–water partition coefficient (Wildman–Crippen LogP) is 1.00. The summed E-state index contributed by atoms with van der Waals surface area (Å²) in [6, 6.07) is 0. The van der Waals surface area contributed by atoms with Crippen LogP contribution in [0.4, 0.5) is 0 Å². The van der Waals surface area contributed by atoms with E-state index in [4.69, 9.17) is 9.52 Å². The van der Waals surface area contributed by atoms with Crippen molar-refractivity contribution in [1.82, 2.24) is 4.90 Å². The lowest BCUT2D eigenvalue weighted by atomic mass is 10.1. The number of carboxylic acids is 1. The molecular formula is C12H13NO6. The van der Waals surface area contributed by atoms with Gasteiger partial charge in [0.2, 0.25) is 5.76 Å². The molecule has 1 fully saturated rings. The third-order valence-electron chi connectivity index (χ3n) is 3.00. The molecule has 0 aliphatic carbocycles. The zero-order valence-corrected chi connectivity index (χ0v) is 10.3. The van der Waals surface area contributed by atoms with Crippen LogP contribution in [0.1, 0.15) is 44.1 Å². The Labute approximate surface area is 108 Å². The number of aromatic carboxylic acids is 1. The first kappa shape index (κ1) is 13.1. The molecule has 0 unspecified atom stereocenters. The summed E-state index contributed by atoms with van der Waals surface area (Å²) in [4.78, 5) is 36.2. The Bertz CT molecular complexity index is 526. The quantitative estimate of drug-likeness (QED) is 0.820. The van der Waals surface area contributed by atoms with Crippen LogP contribution in [0.2, 0.25) is 0 Å². The number of methoxy groups -OCH3 is 1. The number of furan rings is 1. The molecule has 1 N–H and O–H groups in total. The van der Waals surface area contributed by atoms with E-state index in [1.54, 1.807) is 0 Å². The third kappa shape index (κ3) is 2.31. The first-order valence-electron chi connectivity index (χ1n) is 5.78. The number of rotatable bonds is 3. The third-order valence-corrected chi connectivity index (χ3v) is 3.00. The molecular weight excluding hydrogens is 254 g/mol. The van der Waals surface area contributed by atoms with Crippen LogP contribution < -0.4 is 0 Å². The van der Waals surface area contributed by atoms with Crippen LogP contribution in [0.3, 0.4) is 0 Å². The summed E-state index contributed by atoms with van der Waals surface area (Å²) in [6.07, 6.45) is 2.69. The number of ether oxygens (including phenoxy) is 1. The molecule has 1 aromatic heterocycles. The summed E-state index contributed by atoms with van der Waals surface area (Å²) in [5.74, 6) is -3.07. The number of amides is 1. The summed E-state index contributed by atoms with van der Waals surface area (Å²) >= 11 is 0. The minimum absolute atomic E-state index is 0.252. The molecule has 2 heterocycles. The van der Waals surface area contributed by atoms with Crippen molar-refractivity contribution in [3.63, 3.8) is 0 Å². The number of carbonyl (C=O) groups is 3. The first-order chi connectivity index (χ1) is 9.06. The van der Waals surface area contributed by atoms with Crippen molar-refractivity contribution in [3.05, 3.63) is 23.2 Å². The highest BCUT2D eigenvalue weighted by Gasteiger charge is 2.32. The van der Waals surface area contributed by atoms with Crippen molar-refractivity contribution >= 4 is 17.8 Å². The molecule has 102 valence electrons. The minimum atomic E-state index is -1.39. The van der Waals surface area contributed by atoms with E-state index in [2.05, 4.69) is 4.74 Å². The molecule has 19 heavy (non-hydrogen) atoms. The molecule has 0 bridgehead atoms. The molecule has 1 saturated heterocycles. The number of hydrogen-bond donors (Lipinski definition) is 1. The second kappa shape index (κ2) is 5.13. The van der Waals surface area contributed by atoms with Gasteiger partial charge in [0, 0.05) is 13.1 Å². The minimum Gasteiger partial charge on any atom is -0.478 e. The van der Waals surface area contributed by atoms with Crippen molar-refractivity contribution in [2.75, 3.05) is 20.2 Å². The molecule has 0 saturated carbocycles. The Morgan fingerprint density at radius 1 is 1.32 bits per heavy atom. The standard InChI is InChI=1S/C12H13NO6/c1-18-12(17)7-6-19-9(8(7)11(15)16)10(14)13-4-2-3-5-13/h6H,2-5H2,1H3,(H,15,16). The smallest absolute Gasteiger partial charge is 0.342 e. The SMILES string of the molecule is COC(=O)c1coc(C(=O)N2CCCC2)c1C(=O)O. The largest absolute Gasteiger partial charge is 0.478 e. The van der Waals surface area contributed by atoms with Crippen LogP contribution in [0.15, 0.2) is 10.7 Å². The van der Waals surface area contributed by atoms with Crippen LogP contribution in [-0.2, 0) is 4.74 Å². The topological polar surface area (TPSA) is 97.0 Å². The van der Waals surface area contributed by atoms with Gasteiger partial charge in [-0.3, -0.25) is 4.79 Å². The van der Waals surface area contributed by atoms with Crippen molar-refractivity contribution in [2.45, 2.75) is 12.8 Å². The van der Waals surface area contributed by atoms with Gasteiger partial charge >= 0.3 is 11.9 Å². The second-order valence-electron chi connectivity index (χ2n) is 4.15. The Balaban J connectivity index is 2.40. The second-order valence-corrected chi connectivity index (χ2v) is 4.15. The van der Waals surface area contributed by atoms with Crippen LogP contribution in [-0.4, -0.2) is 48.1 Å². The zero-order valence-electron chi connectivity index (χ0n) is 10.3. The van der Waals surface area contributed by atoms with Gasteiger partial charge in [0.25, 0.3) is 5.91 Å². The van der Waals surface area contributed by atoms with E-state index in [1.807, 2.05) is 0 Å². The molecule has 7 heteroatoms. The van der Waals surface area contributed by atoms with Gasteiger partial charge in [0.1, 0.15) is 17.4 Å². The van der Waals surface area contributed by atoms with Gasteiger partial charge in [-0.15, -0.1) is 0 Å². The van der Waals surface area contributed by atoms with Crippen molar-refractivity contribution in [2.24, 2.45) is 0 Å². The zero-order chi connectivity index (χ0) is 14.0. The fourth-order valence-electron chi connectivity index (χ4n) is 2.05. The van der Waals surface area contributed by atoms with Gasteiger partial charge < -0.3 is 19.2 Å². The van der Waals surface area contributed by atoms with Crippen molar-refractivity contribution < 1.29 is 28.6 Å². The van der Waals surface area contributed by atoms with Gasteiger partial charge in [-0.25, -0.2) is 9.59 Å². The monoisotopic (exact) mass is 267 g/mol. The highest BCUT2D eigenvalue weighted by molar-refractivity contribution is 6.09. The van der Waals surface area contributed by atoms with Gasteiger partial charge in [0.05, 0.1) is 7.11 Å². The van der Waals surface area contributed by atoms with Crippen molar-refractivity contribution in [1.29, 1.82) is 0 Å². The average molecular weight is 267 g/mol. The van der Waals surface area contributed by atoms with Gasteiger partial charge in [0.15, 0.2) is 0 Å². The Morgan fingerprint density at radius 3 is 2.47 bits per heavy atom. The van der Waals surface area contributed by atoms with E-state index in [0.717, 1.165) is 26.2 Å². The highest BCUT2D eigenvalue weighted by Crippen LogP contribution is 2.22. The molecule has 0 aromatic carbocycles. The fraction of sp³-hybridized carbons (Fsp3) is 0.417. The van der Waals surface area contributed by atoms with E-state index < -0.39 is 23.4 Å². The lowest BCUT2D eigenvalue weighted by Gasteiger charge is -2.13. The molecule has 1 amide bonds. The molecule has 2 rings (SSSR count). The maximum absolute atomic E-state index is 12.1. The number of nitrogens with zero attached hydrogens (tertiary/aromatic N) is 1. The van der Waals surface area contributed by atoms with Gasteiger partial charge in [-0.2, -0.15) is 0 Å². The lowest BCUT2D eigenvalue weighted by molar-refractivity contribution is 0.0582. The Kier molecular flexibility index (Phi) is 3.55. The summed E-state index contributed by atoms with van der Waals surface area (Å²) < 4.78 is 9.44. The molecule has 7 nitrogen and oxygen atoms in total. The van der Waals surface area contributed by atoms with Crippen molar-refractivity contribution in [3.8, 4) is 0 Å². The summed E-state index contributed by atoms with van der Waals surface area (Å²) in [6.45, 7) is 1.12. The van der Waals surface area contributed by atoms with E-state index in [-0.39, 0.29) is 11.3 Å². The summed E-state index contributed by atoms with van der Waals surface area (Å²) in [5.41, 5.74) is -0.693. The van der Waals surface area contributed by atoms with E-state index in [1.165, 1.54) is 4.90 Å². The van der Waals surface area contributed by atoms with Gasteiger partial charge in [-0.05, 0) is 12.8 Å². The number of likely N-dealkylation sites (tertiary alicyclic amines) is 1. The first-order valence-corrected chi connectivity index (χ1v) is 5.78. The number of esters is 1. The molecule has 0 spiro atoms. The van der Waals surface area contributed by atoms with E-state index in [0.29, 0.717) is 13.1 Å². The maximum atomic E-state index is 12.1. The number of carbonyl (C=O) groups excluding carboxylic acids is 2. The Hall–Kier alpha value is -2.31. The molecule has 0 radical (unpaired) electrons. The predicted molar refractivity (Wildman–Crippen MR) is 62.1 cm³/mol. The summed E-state index contributed by atoms with van der Waals surface area (Å²) in [7, 11) is 1.13. The number of carboxylic acid groups (broad SMARTS) is 1. The normalized spacial score (nSPS) is 14.5. The molecule has 1 aliphatic heterocycles. The van der Waals surface area contributed by atoms with E-state index in [9.17, 15) is 14.4 Å². The molecule has 1 aromatic rings.